The molecule has 3 nitrogen and oxygen atoms in total. The van der Waals surface area contributed by atoms with Gasteiger partial charge in [0.15, 0.2) is 0 Å². The number of hydrogen-bond acceptors (Lipinski definition) is 2. The minimum atomic E-state index is -0.435. The summed E-state index contributed by atoms with van der Waals surface area (Å²) in [4.78, 5) is 11.5. The van der Waals surface area contributed by atoms with Gasteiger partial charge in [-0.25, -0.2) is 4.39 Å². The van der Waals surface area contributed by atoms with Gasteiger partial charge in [-0.3, -0.25) is 4.79 Å². The van der Waals surface area contributed by atoms with Crippen molar-refractivity contribution in [1.29, 1.82) is 0 Å². The van der Waals surface area contributed by atoms with Crippen LogP contribution in [0.3, 0.4) is 0 Å². The lowest BCUT2D eigenvalue weighted by atomic mass is 10.1. The number of halogens is 3. The normalized spacial score (nSPS) is 11.6. The number of amides is 1. The molecule has 0 bridgehead atoms. The highest BCUT2D eigenvalue weighted by Gasteiger charge is 2.11. The average Bonchev–Trinajstić information content (AvgIpc) is 2.34. The van der Waals surface area contributed by atoms with Gasteiger partial charge in [0, 0.05) is 6.54 Å². The first-order chi connectivity index (χ1) is 8.54. The van der Waals surface area contributed by atoms with E-state index in [4.69, 9.17) is 5.73 Å². The Bertz CT molecular complexity index is 418. The van der Waals surface area contributed by atoms with Gasteiger partial charge in [-0.1, -0.05) is 19.4 Å². The average molecular weight is 354 g/mol. The van der Waals surface area contributed by atoms with Gasteiger partial charge in [0.2, 0.25) is 5.91 Å². The van der Waals surface area contributed by atoms with Crippen LogP contribution in [0.2, 0.25) is 0 Å². The standard InChI is InChI=1S/C13H18BrFN2O.ClH/c1-2-3-12(16)13(18)17-7-6-9-4-5-11(15)10(14)8-9;/h4-5,8,12H,2-3,6-7,16H2,1H3,(H,17,18);1H. The van der Waals surface area contributed by atoms with E-state index in [0.29, 0.717) is 23.9 Å². The van der Waals surface area contributed by atoms with E-state index < -0.39 is 6.04 Å². The lowest BCUT2D eigenvalue weighted by Gasteiger charge is -2.11. The van der Waals surface area contributed by atoms with Crippen LogP contribution in [0, 0.1) is 5.82 Å². The Balaban J connectivity index is 0.00000324. The summed E-state index contributed by atoms with van der Waals surface area (Å²) in [5, 5.41) is 2.78. The van der Waals surface area contributed by atoms with Crippen LogP contribution in [0.25, 0.3) is 0 Å². The Morgan fingerprint density at radius 2 is 2.21 bits per heavy atom. The van der Waals surface area contributed by atoms with Crippen LogP contribution in [0.1, 0.15) is 25.3 Å². The smallest absolute Gasteiger partial charge is 0.236 e. The Morgan fingerprint density at radius 1 is 1.53 bits per heavy atom. The molecule has 1 amide bonds. The second-order valence-corrected chi connectivity index (χ2v) is 5.04. The molecule has 0 heterocycles. The summed E-state index contributed by atoms with van der Waals surface area (Å²) < 4.78 is 13.4. The molecule has 0 aliphatic heterocycles. The molecule has 1 aromatic carbocycles. The van der Waals surface area contributed by atoms with E-state index in [1.54, 1.807) is 12.1 Å². The van der Waals surface area contributed by atoms with Gasteiger partial charge in [0.05, 0.1) is 10.5 Å². The van der Waals surface area contributed by atoms with Crippen molar-refractivity contribution < 1.29 is 9.18 Å². The Morgan fingerprint density at radius 3 is 2.79 bits per heavy atom. The molecule has 1 rings (SSSR count). The van der Waals surface area contributed by atoms with Crippen molar-refractivity contribution in [2.45, 2.75) is 32.2 Å². The molecular weight excluding hydrogens is 335 g/mol. The predicted octanol–water partition coefficient (Wildman–Crippen LogP) is 2.80. The number of nitrogens with two attached hydrogens (primary N) is 1. The first-order valence-electron chi connectivity index (χ1n) is 6.01. The van der Waals surface area contributed by atoms with Crippen LogP contribution in [-0.4, -0.2) is 18.5 Å². The van der Waals surface area contributed by atoms with E-state index in [0.717, 1.165) is 12.0 Å². The minimum Gasteiger partial charge on any atom is -0.354 e. The summed E-state index contributed by atoms with van der Waals surface area (Å²) in [5.41, 5.74) is 6.65. The third-order valence-corrected chi connectivity index (χ3v) is 3.24. The van der Waals surface area contributed by atoms with Crippen molar-refractivity contribution in [1.82, 2.24) is 5.32 Å². The molecule has 108 valence electrons. The van der Waals surface area contributed by atoms with Gasteiger partial charge in [-0.2, -0.15) is 0 Å². The molecule has 0 saturated heterocycles. The highest BCUT2D eigenvalue weighted by molar-refractivity contribution is 9.10. The fraction of sp³-hybridized carbons (Fsp3) is 0.462. The highest BCUT2D eigenvalue weighted by Crippen LogP contribution is 2.16. The van der Waals surface area contributed by atoms with Crippen LogP contribution < -0.4 is 11.1 Å². The summed E-state index contributed by atoms with van der Waals surface area (Å²) in [7, 11) is 0. The number of rotatable bonds is 6. The zero-order valence-electron chi connectivity index (χ0n) is 10.8. The van der Waals surface area contributed by atoms with Crippen molar-refractivity contribution in [2.75, 3.05) is 6.54 Å². The van der Waals surface area contributed by atoms with Gasteiger partial charge >= 0.3 is 0 Å². The highest BCUT2D eigenvalue weighted by atomic mass is 79.9. The summed E-state index contributed by atoms with van der Waals surface area (Å²) in [6, 6.07) is 4.39. The van der Waals surface area contributed by atoms with Gasteiger partial charge in [0.1, 0.15) is 5.82 Å². The topological polar surface area (TPSA) is 55.1 Å². The molecule has 0 fully saturated rings. The lowest BCUT2D eigenvalue weighted by molar-refractivity contribution is -0.122. The number of benzene rings is 1. The van der Waals surface area contributed by atoms with Crippen molar-refractivity contribution in [3.05, 3.63) is 34.1 Å². The summed E-state index contributed by atoms with van der Waals surface area (Å²) >= 11 is 3.13. The number of nitrogens with one attached hydrogen (secondary N) is 1. The van der Waals surface area contributed by atoms with Crippen molar-refractivity contribution in [3.63, 3.8) is 0 Å². The second kappa shape index (κ2) is 9.28. The van der Waals surface area contributed by atoms with Crippen molar-refractivity contribution in [3.8, 4) is 0 Å². The molecule has 0 aromatic heterocycles. The van der Waals surface area contributed by atoms with Gasteiger partial charge in [-0.05, 0) is 46.5 Å². The Hall–Kier alpha value is -0.650. The number of carbonyl (C=O) groups is 1. The second-order valence-electron chi connectivity index (χ2n) is 4.18. The van der Waals surface area contributed by atoms with Crippen molar-refractivity contribution in [2.24, 2.45) is 5.73 Å². The lowest BCUT2D eigenvalue weighted by Crippen LogP contribution is -2.41. The fourth-order valence-electron chi connectivity index (χ4n) is 1.60. The van der Waals surface area contributed by atoms with Gasteiger partial charge < -0.3 is 11.1 Å². The van der Waals surface area contributed by atoms with Crippen LogP contribution in [0.15, 0.2) is 22.7 Å². The minimum absolute atomic E-state index is 0. The quantitative estimate of drug-likeness (QED) is 0.826. The molecule has 1 atom stereocenters. The summed E-state index contributed by atoms with van der Waals surface area (Å²) in [5.74, 6) is -0.411. The molecule has 3 N–H and O–H groups in total. The fourth-order valence-corrected chi connectivity index (χ4v) is 2.02. The van der Waals surface area contributed by atoms with E-state index in [1.165, 1.54) is 6.07 Å². The zero-order valence-corrected chi connectivity index (χ0v) is 13.2. The molecule has 0 radical (unpaired) electrons. The SMILES string of the molecule is CCCC(N)C(=O)NCCc1ccc(F)c(Br)c1.Cl. The van der Waals surface area contributed by atoms with E-state index in [-0.39, 0.29) is 24.1 Å². The Labute approximate surface area is 127 Å². The van der Waals surface area contributed by atoms with E-state index >= 15 is 0 Å². The van der Waals surface area contributed by atoms with Crippen LogP contribution in [-0.2, 0) is 11.2 Å². The Kier molecular flexibility index (Phi) is 8.97. The maximum Gasteiger partial charge on any atom is 0.236 e. The van der Waals surface area contributed by atoms with Gasteiger partial charge in [-0.15, -0.1) is 12.4 Å². The molecule has 1 aromatic rings. The summed E-state index contributed by atoms with van der Waals surface area (Å²) in [6.45, 7) is 2.50. The third kappa shape index (κ3) is 6.36. The monoisotopic (exact) mass is 352 g/mol. The van der Waals surface area contributed by atoms with Crippen LogP contribution in [0.4, 0.5) is 4.39 Å². The first kappa shape index (κ1) is 18.4. The maximum atomic E-state index is 13.0. The molecule has 0 saturated carbocycles. The van der Waals surface area contributed by atoms with Crippen LogP contribution >= 0.6 is 28.3 Å². The predicted molar refractivity (Wildman–Crippen MR) is 80.9 cm³/mol. The van der Waals surface area contributed by atoms with Crippen LogP contribution in [0.5, 0.6) is 0 Å². The largest absolute Gasteiger partial charge is 0.354 e. The molecular formula is C13H19BrClFN2O. The first-order valence-corrected chi connectivity index (χ1v) is 6.81. The van der Waals surface area contributed by atoms with Gasteiger partial charge in [0.25, 0.3) is 0 Å². The maximum absolute atomic E-state index is 13.0. The molecule has 0 spiro atoms. The number of carbonyl (C=O) groups excluding carboxylic acids is 1. The molecule has 6 heteroatoms. The molecule has 1 unspecified atom stereocenters. The van der Waals surface area contributed by atoms with Crippen molar-refractivity contribution >= 4 is 34.2 Å². The number of hydrogen-bond donors (Lipinski definition) is 2. The zero-order chi connectivity index (χ0) is 13.5. The summed E-state index contributed by atoms with van der Waals surface area (Å²) in [6.07, 6.45) is 2.23. The molecule has 19 heavy (non-hydrogen) atoms. The van der Waals surface area contributed by atoms with E-state index in [9.17, 15) is 9.18 Å². The van der Waals surface area contributed by atoms with E-state index in [2.05, 4.69) is 21.2 Å². The molecule has 0 aliphatic rings. The third-order valence-electron chi connectivity index (χ3n) is 2.63. The molecule has 0 aliphatic carbocycles. The van der Waals surface area contributed by atoms with E-state index in [1.807, 2.05) is 6.92 Å².